The van der Waals surface area contributed by atoms with Crippen molar-refractivity contribution < 1.29 is 23.9 Å². The molecule has 4 rings (SSSR count). The molecule has 3 aromatic rings. The van der Waals surface area contributed by atoms with Crippen molar-refractivity contribution in [1.82, 2.24) is 9.69 Å². The fourth-order valence-corrected chi connectivity index (χ4v) is 5.54. The summed E-state index contributed by atoms with van der Waals surface area (Å²) in [6.45, 7) is 3.88. The van der Waals surface area contributed by atoms with E-state index in [4.69, 9.17) is 20.9 Å². The number of aryl methyl sites for hydroxylation is 2. The van der Waals surface area contributed by atoms with E-state index in [1.165, 1.54) is 19.1 Å². The molecule has 1 aliphatic carbocycles. The van der Waals surface area contributed by atoms with Crippen LogP contribution in [0.1, 0.15) is 68.6 Å². The maximum Gasteiger partial charge on any atom is 0.273 e. The van der Waals surface area contributed by atoms with Crippen LogP contribution in [-0.2, 0) is 4.79 Å². The fourth-order valence-electron chi connectivity index (χ4n) is 4.80. The number of nitrogen functional groups attached to an aromatic ring is 1. The smallest absolute Gasteiger partial charge is 0.273 e. The Labute approximate surface area is 231 Å². The second kappa shape index (κ2) is 11.7. The maximum atomic E-state index is 14.3. The number of amides is 3. The molecule has 1 heterocycles. The van der Waals surface area contributed by atoms with E-state index in [1.807, 2.05) is 26.0 Å². The number of carbonyl (C=O) groups excluding carboxylic acids is 3. The first-order valence-corrected chi connectivity index (χ1v) is 13.4. The molecule has 3 amide bonds. The summed E-state index contributed by atoms with van der Waals surface area (Å²) >= 11 is 0.763. The lowest BCUT2D eigenvalue weighted by Crippen LogP contribution is -2.46. The lowest BCUT2D eigenvalue weighted by molar-refractivity contribution is -0.123. The fraction of sp³-hybridized carbons (Fsp3) is 0.357. The molecule has 1 unspecified atom stereocenters. The van der Waals surface area contributed by atoms with Gasteiger partial charge >= 0.3 is 0 Å². The number of nitrogens with zero attached hydrogens (tertiary/aromatic N) is 2. The van der Waals surface area contributed by atoms with Crippen molar-refractivity contribution in [2.75, 3.05) is 24.9 Å². The van der Waals surface area contributed by atoms with E-state index in [1.54, 1.807) is 24.3 Å². The summed E-state index contributed by atoms with van der Waals surface area (Å²) in [5.41, 5.74) is 14.1. The van der Waals surface area contributed by atoms with Crippen LogP contribution in [0.25, 0.3) is 0 Å². The predicted octanol–water partition coefficient (Wildman–Crippen LogP) is 3.91. The van der Waals surface area contributed by atoms with Gasteiger partial charge in [0.05, 0.1) is 19.9 Å². The Kier molecular flexibility index (Phi) is 8.39. The summed E-state index contributed by atoms with van der Waals surface area (Å²) in [5.74, 6) is -0.926. The summed E-state index contributed by atoms with van der Waals surface area (Å²) < 4.78 is 15.1. The van der Waals surface area contributed by atoms with Gasteiger partial charge < -0.3 is 26.3 Å². The first-order chi connectivity index (χ1) is 18.7. The van der Waals surface area contributed by atoms with Crippen LogP contribution < -0.4 is 31.2 Å². The molecule has 2 aromatic carbocycles. The number of benzene rings is 2. The van der Waals surface area contributed by atoms with Gasteiger partial charge in [0.2, 0.25) is 5.91 Å². The largest absolute Gasteiger partial charge is 0.497 e. The van der Waals surface area contributed by atoms with E-state index in [0.29, 0.717) is 22.7 Å². The second-order valence-corrected chi connectivity index (χ2v) is 10.4. The lowest BCUT2D eigenvalue weighted by Gasteiger charge is -2.33. The Hall–Kier alpha value is -4.12. The number of hydrogen-bond donors (Lipinski definition) is 3. The minimum absolute atomic E-state index is 0.00237. The van der Waals surface area contributed by atoms with Gasteiger partial charge in [-0.25, -0.2) is 0 Å². The molecule has 1 aliphatic rings. The van der Waals surface area contributed by atoms with Crippen molar-refractivity contribution in [3.05, 3.63) is 63.7 Å². The molecule has 0 aliphatic heterocycles. The number of aromatic nitrogens is 1. The highest BCUT2D eigenvalue weighted by Crippen LogP contribution is 2.39. The molecule has 1 fully saturated rings. The molecular formula is C28H33N5O5S. The zero-order valence-corrected chi connectivity index (χ0v) is 23.3. The summed E-state index contributed by atoms with van der Waals surface area (Å²) in [6, 6.07) is 9.41. The Morgan fingerprint density at radius 3 is 2.36 bits per heavy atom. The van der Waals surface area contributed by atoms with Gasteiger partial charge in [-0.05, 0) is 79.7 Å². The Balaban J connectivity index is 1.95. The molecule has 0 radical (unpaired) electrons. The Bertz CT molecular complexity index is 1400. The number of ether oxygens (including phenoxy) is 2. The monoisotopic (exact) mass is 551 g/mol. The van der Waals surface area contributed by atoms with Gasteiger partial charge in [-0.3, -0.25) is 19.3 Å². The summed E-state index contributed by atoms with van der Waals surface area (Å²) in [6.07, 6.45) is 3.75. The SMILES string of the molecule is COc1ccc(OC)c(C(C(=O)NC2CCCC2)N(C(=O)c2snc(C(N)=O)c2N)c2ccc(C)c(C)c2)c1. The number of hydrogen-bond acceptors (Lipinski definition) is 8. The van der Waals surface area contributed by atoms with Crippen LogP contribution in [0.15, 0.2) is 36.4 Å². The number of carbonyl (C=O) groups is 3. The van der Waals surface area contributed by atoms with Gasteiger partial charge in [-0.1, -0.05) is 18.9 Å². The van der Waals surface area contributed by atoms with Crippen LogP contribution >= 0.6 is 11.5 Å². The average molecular weight is 552 g/mol. The number of anilines is 2. The highest BCUT2D eigenvalue weighted by atomic mass is 32.1. The highest BCUT2D eigenvalue weighted by molar-refractivity contribution is 7.09. The summed E-state index contributed by atoms with van der Waals surface area (Å²) in [7, 11) is 3.02. The minimum atomic E-state index is -1.16. The molecule has 0 bridgehead atoms. The number of primary amides is 1. The lowest BCUT2D eigenvalue weighted by atomic mass is 9.99. The first kappa shape index (κ1) is 27.9. The van der Waals surface area contributed by atoms with Gasteiger partial charge in [-0.15, -0.1) is 0 Å². The van der Waals surface area contributed by atoms with Crippen LogP contribution in [0.3, 0.4) is 0 Å². The standard InChI is InChI=1S/C28H33N5O5S/c1-15-9-10-18(13-16(15)2)33(28(36)25-22(29)23(26(30)34)32-39-25)24(27(35)31-17-7-5-6-8-17)20-14-19(37-3)11-12-21(20)38-4/h9-14,17,24H,5-8,29H2,1-4H3,(H2,30,34)(H,31,35). The topological polar surface area (TPSA) is 150 Å². The van der Waals surface area contributed by atoms with Gasteiger partial charge in [-0.2, -0.15) is 4.37 Å². The molecular weight excluding hydrogens is 518 g/mol. The van der Waals surface area contributed by atoms with Crippen molar-refractivity contribution in [2.24, 2.45) is 5.73 Å². The molecule has 1 aromatic heterocycles. The molecule has 206 valence electrons. The number of nitrogens with two attached hydrogens (primary N) is 2. The van der Waals surface area contributed by atoms with Crippen molar-refractivity contribution in [2.45, 2.75) is 51.6 Å². The predicted molar refractivity (Wildman–Crippen MR) is 150 cm³/mol. The third-order valence-corrected chi connectivity index (χ3v) is 7.93. The van der Waals surface area contributed by atoms with E-state index >= 15 is 0 Å². The molecule has 5 N–H and O–H groups in total. The van der Waals surface area contributed by atoms with Gasteiger partial charge in [0.25, 0.3) is 11.8 Å². The number of methoxy groups -OCH3 is 2. The Morgan fingerprint density at radius 2 is 1.77 bits per heavy atom. The van der Waals surface area contributed by atoms with Crippen LogP contribution in [0, 0.1) is 13.8 Å². The first-order valence-electron chi connectivity index (χ1n) is 12.6. The molecule has 0 saturated heterocycles. The number of nitrogens with one attached hydrogen (secondary N) is 1. The van der Waals surface area contributed by atoms with Crippen LogP contribution in [0.2, 0.25) is 0 Å². The van der Waals surface area contributed by atoms with E-state index in [0.717, 1.165) is 48.3 Å². The van der Waals surface area contributed by atoms with E-state index in [-0.39, 0.29) is 28.2 Å². The molecule has 0 spiro atoms. The molecule has 39 heavy (non-hydrogen) atoms. The molecule has 11 heteroatoms. The third-order valence-electron chi connectivity index (χ3n) is 7.08. The summed E-state index contributed by atoms with van der Waals surface area (Å²) in [4.78, 5) is 41.7. The maximum absolute atomic E-state index is 14.3. The van der Waals surface area contributed by atoms with E-state index in [2.05, 4.69) is 9.69 Å². The number of rotatable bonds is 9. The summed E-state index contributed by atoms with van der Waals surface area (Å²) in [5, 5.41) is 3.14. The third kappa shape index (κ3) is 5.68. The normalized spacial score (nSPS) is 14.1. The Morgan fingerprint density at radius 1 is 1.05 bits per heavy atom. The van der Waals surface area contributed by atoms with Crippen LogP contribution in [0.5, 0.6) is 11.5 Å². The van der Waals surface area contributed by atoms with Crippen molar-refractivity contribution >= 4 is 40.6 Å². The minimum Gasteiger partial charge on any atom is -0.497 e. The zero-order chi connectivity index (χ0) is 28.3. The van der Waals surface area contributed by atoms with Crippen molar-refractivity contribution in [3.8, 4) is 11.5 Å². The van der Waals surface area contributed by atoms with Crippen LogP contribution in [-0.4, -0.2) is 42.4 Å². The molecule has 10 nitrogen and oxygen atoms in total. The quantitative estimate of drug-likeness (QED) is 0.365. The average Bonchev–Trinajstić information content (AvgIpc) is 3.57. The highest BCUT2D eigenvalue weighted by Gasteiger charge is 2.39. The van der Waals surface area contributed by atoms with Crippen molar-refractivity contribution in [3.63, 3.8) is 0 Å². The van der Waals surface area contributed by atoms with E-state index < -0.39 is 17.9 Å². The second-order valence-electron chi connectivity index (χ2n) is 9.58. The molecule has 1 atom stereocenters. The van der Waals surface area contributed by atoms with Gasteiger partial charge in [0.1, 0.15) is 22.4 Å². The van der Waals surface area contributed by atoms with Crippen LogP contribution in [0.4, 0.5) is 11.4 Å². The zero-order valence-electron chi connectivity index (χ0n) is 22.4. The van der Waals surface area contributed by atoms with Gasteiger partial charge in [0, 0.05) is 17.3 Å². The molecule has 1 saturated carbocycles. The van der Waals surface area contributed by atoms with E-state index in [9.17, 15) is 14.4 Å². The van der Waals surface area contributed by atoms with Crippen molar-refractivity contribution in [1.29, 1.82) is 0 Å². The van der Waals surface area contributed by atoms with Gasteiger partial charge in [0.15, 0.2) is 5.69 Å².